The number of ether oxygens (including phenoxy) is 3. The maximum absolute atomic E-state index is 11.5. The molecule has 0 amide bonds. The van der Waals surface area contributed by atoms with Gasteiger partial charge in [-0.1, -0.05) is 28.7 Å². The van der Waals surface area contributed by atoms with Crippen LogP contribution in [0.4, 0.5) is 4.79 Å². The van der Waals surface area contributed by atoms with Crippen LogP contribution in [0.1, 0.15) is 0 Å². The summed E-state index contributed by atoms with van der Waals surface area (Å²) in [7, 11) is 0. The van der Waals surface area contributed by atoms with E-state index < -0.39 is 27.9 Å². The number of fused-ring (bicyclic) bond motifs is 1. The summed E-state index contributed by atoms with van der Waals surface area (Å²) in [5.41, 5.74) is 0. The van der Waals surface area contributed by atoms with Crippen LogP contribution in [0.3, 0.4) is 0 Å². The summed E-state index contributed by atoms with van der Waals surface area (Å²) in [5, 5.41) is 0. The van der Waals surface area contributed by atoms with Crippen molar-refractivity contribution in [1.29, 1.82) is 0 Å². The lowest BCUT2D eigenvalue weighted by Gasteiger charge is -2.41. The monoisotopic (exact) mass is 308 g/mol. The van der Waals surface area contributed by atoms with Gasteiger partial charge in [-0.25, -0.2) is 4.79 Å². The lowest BCUT2D eigenvalue weighted by Crippen LogP contribution is -2.61. The summed E-state index contributed by atoms with van der Waals surface area (Å²) in [6.45, 7) is 0. The van der Waals surface area contributed by atoms with Crippen LogP contribution in [-0.4, -0.2) is 33.9 Å². The number of carbonyl (C=O) groups excluding carboxylic acids is 2. The first kappa shape index (κ1) is 8.51. The van der Waals surface area contributed by atoms with E-state index in [1.165, 1.54) is 0 Å². The molecule has 6 heteroatoms. The number of alkyl halides is 1. The maximum atomic E-state index is 11.5. The van der Waals surface area contributed by atoms with E-state index in [0.717, 1.165) is 0 Å². The van der Waals surface area contributed by atoms with Crippen LogP contribution in [0.15, 0.2) is 12.2 Å². The predicted octanol–water partition coefficient (Wildman–Crippen LogP) is 0.559. The average Bonchev–Trinajstić information content (AvgIpc) is 2.52. The van der Waals surface area contributed by atoms with Gasteiger partial charge < -0.3 is 14.2 Å². The van der Waals surface area contributed by atoms with Crippen LogP contribution in [0.5, 0.6) is 0 Å². The van der Waals surface area contributed by atoms with E-state index in [-0.39, 0.29) is 5.97 Å². The third-order valence-corrected chi connectivity index (χ3v) is 3.99. The molecule has 0 radical (unpaired) electrons. The number of hydrogen-bond donors (Lipinski definition) is 0. The van der Waals surface area contributed by atoms with Crippen LogP contribution in [0, 0.1) is 0 Å². The Morgan fingerprint density at radius 2 is 2.07 bits per heavy atom. The highest BCUT2D eigenvalue weighted by molar-refractivity contribution is 14.1. The van der Waals surface area contributed by atoms with Gasteiger partial charge in [-0.2, -0.15) is 0 Å². The molecule has 74 valence electrons. The molecular weight excluding hydrogens is 303 g/mol. The molecule has 0 unspecified atom stereocenters. The molecule has 0 aromatic carbocycles. The van der Waals surface area contributed by atoms with Crippen LogP contribution >= 0.6 is 22.6 Å². The van der Waals surface area contributed by atoms with Gasteiger partial charge in [-0.3, -0.25) is 4.79 Å². The molecule has 2 fully saturated rings. The smallest absolute Gasteiger partial charge is 0.453 e. The molecule has 0 spiro atoms. The molecule has 4 atom stereocenters. The first-order chi connectivity index (χ1) is 6.61. The third kappa shape index (κ3) is 0.844. The van der Waals surface area contributed by atoms with Gasteiger partial charge in [0.15, 0.2) is 21.7 Å². The third-order valence-electron chi connectivity index (χ3n) is 2.58. The Balaban J connectivity index is 2.09. The summed E-state index contributed by atoms with van der Waals surface area (Å²) < 4.78 is 14.0. The number of esters is 1. The molecule has 0 aromatic heterocycles. The Kier molecular flexibility index (Phi) is 1.47. The lowest BCUT2D eigenvalue weighted by atomic mass is 9.85. The predicted molar refractivity (Wildman–Crippen MR) is 50.9 cm³/mol. The molecule has 5 nitrogen and oxygen atoms in total. The Morgan fingerprint density at radius 1 is 1.29 bits per heavy atom. The summed E-state index contributed by atoms with van der Waals surface area (Å²) >= 11 is 1.93. The van der Waals surface area contributed by atoms with Gasteiger partial charge >= 0.3 is 12.1 Å². The summed E-state index contributed by atoms with van der Waals surface area (Å²) in [6.07, 6.45) is 1.20. The van der Waals surface area contributed by atoms with E-state index in [9.17, 15) is 9.59 Å². The second kappa shape index (κ2) is 2.41. The second-order valence-corrected chi connectivity index (χ2v) is 5.15. The van der Waals surface area contributed by atoms with Crippen LogP contribution in [0.2, 0.25) is 0 Å². The van der Waals surface area contributed by atoms with Crippen molar-refractivity contribution in [3.63, 3.8) is 0 Å². The largest absolute Gasteiger partial charge is 0.509 e. The normalized spacial score (nSPS) is 48.2. The summed E-state index contributed by atoms with van der Waals surface area (Å²) in [4.78, 5) is 22.4. The van der Waals surface area contributed by atoms with Gasteiger partial charge in [0, 0.05) is 0 Å². The Hall–Kier alpha value is -0.790. The number of carbonyl (C=O) groups is 2. The van der Waals surface area contributed by atoms with Gasteiger partial charge in [0.25, 0.3) is 0 Å². The zero-order valence-electron chi connectivity index (χ0n) is 6.81. The molecule has 2 bridgehead atoms. The van der Waals surface area contributed by atoms with E-state index >= 15 is 0 Å². The minimum Gasteiger partial charge on any atom is -0.453 e. The summed E-state index contributed by atoms with van der Waals surface area (Å²) in [6, 6.07) is 0. The van der Waals surface area contributed by atoms with E-state index in [2.05, 4.69) is 0 Å². The number of rotatable bonds is 0. The fraction of sp³-hybridized carbons (Fsp3) is 0.500. The first-order valence-corrected chi connectivity index (χ1v) is 5.16. The van der Waals surface area contributed by atoms with Gasteiger partial charge in [0.1, 0.15) is 0 Å². The van der Waals surface area contributed by atoms with Crippen molar-refractivity contribution >= 4 is 34.7 Å². The molecule has 0 saturated carbocycles. The van der Waals surface area contributed by atoms with Crippen molar-refractivity contribution in [3.05, 3.63) is 12.2 Å². The Bertz CT molecular complexity index is 365. The first-order valence-electron chi connectivity index (χ1n) is 4.08. The van der Waals surface area contributed by atoms with Crippen molar-refractivity contribution in [1.82, 2.24) is 0 Å². The standard InChI is InChI=1S/C8H5IO5/c9-8-2-1-3(12-6(8)10)4-5(8)14-7(11)13-4/h1-5H/t3-,4+,5+,8-/m1/s1. The van der Waals surface area contributed by atoms with Crippen LogP contribution < -0.4 is 0 Å². The Labute approximate surface area is 92.5 Å². The van der Waals surface area contributed by atoms with E-state index in [1.54, 1.807) is 12.2 Å². The topological polar surface area (TPSA) is 61.8 Å². The minimum absolute atomic E-state index is 0.370. The molecule has 1 aliphatic carbocycles. The maximum Gasteiger partial charge on any atom is 0.509 e. The lowest BCUT2D eigenvalue weighted by molar-refractivity contribution is -0.165. The zero-order chi connectivity index (χ0) is 9.92. The fourth-order valence-electron chi connectivity index (χ4n) is 1.88. The second-order valence-electron chi connectivity index (χ2n) is 3.37. The zero-order valence-corrected chi connectivity index (χ0v) is 8.96. The van der Waals surface area contributed by atoms with Gasteiger partial charge in [-0.05, 0) is 6.08 Å². The highest BCUT2D eigenvalue weighted by Crippen LogP contribution is 2.45. The van der Waals surface area contributed by atoms with Gasteiger partial charge in [0.2, 0.25) is 0 Å². The molecular formula is C8H5IO5. The minimum atomic E-state index is -0.913. The van der Waals surface area contributed by atoms with Crippen molar-refractivity contribution in [2.24, 2.45) is 0 Å². The van der Waals surface area contributed by atoms with Gasteiger partial charge in [-0.15, -0.1) is 0 Å². The fourth-order valence-corrected chi connectivity index (χ4v) is 2.70. The summed E-state index contributed by atoms with van der Waals surface area (Å²) in [5.74, 6) is -0.370. The van der Waals surface area contributed by atoms with Crippen molar-refractivity contribution in [3.8, 4) is 0 Å². The molecule has 14 heavy (non-hydrogen) atoms. The number of halogens is 1. The van der Waals surface area contributed by atoms with Crippen LogP contribution in [0.25, 0.3) is 0 Å². The van der Waals surface area contributed by atoms with Crippen LogP contribution in [-0.2, 0) is 19.0 Å². The molecule has 3 heterocycles. The molecule has 4 aliphatic rings. The molecule has 0 N–H and O–H groups in total. The average molecular weight is 308 g/mol. The highest BCUT2D eigenvalue weighted by Gasteiger charge is 2.63. The highest BCUT2D eigenvalue weighted by atomic mass is 127. The van der Waals surface area contributed by atoms with E-state index in [4.69, 9.17) is 14.2 Å². The molecule has 0 aromatic rings. The van der Waals surface area contributed by atoms with E-state index in [1.807, 2.05) is 22.6 Å². The molecule has 2 saturated heterocycles. The van der Waals surface area contributed by atoms with Crippen molar-refractivity contribution < 1.29 is 23.8 Å². The number of hydrogen-bond acceptors (Lipinski definition) is 5. The van der Waals surface area contributed by atoms with E-state index in [0.29, 0.717) is 0 Å². The SMILES string of the molecule is O=C1O[C@H]2[C@H]3C=C[C@](I)(C(=O)O3)[C@H]2O1. The Morgan fingerprint density at radius 3 is 2.79 bits per heavy atom. The molecule has 4 rings (SSSR count). The van der Waals surface area contributed by atoms with Crippen molar-refractivity contribution in [2.45, 2.75) is 21.7 Å². The van der Waals surface area contributed by atoms with Crippen molar-refractivity contribution in [2.75, 3.05) is 0 Å². The molecule has 3 aliphatic heterocycles. The van der Waals surface area contributed by atoms with Gasteiger partial charge in [0.05, 0.1) is 0 Å². The quantitative estimate of drug-likeness (QED) is 0.283.